The van der Waals surface area contributed by atoms with Crippen LogP contribution >= 0.6 is 0 Å². The standard InChI is InChI=1S/C28H29FN6O/c1-3-28(36)9-8-17-4-7-23(32-24(17)28)35-15-22(29)20-13-30-26(33-25(20)35)31-19-5-6-21-18(12-19)14-34(2)16-27(21)10-11-27/h4-7,12-13,15,36H,3,8-11,14,16H2,1-2H3,(H,30,31,33). The second kappa shape index (κ2) is 7.57. The van der Waals surface area contributed by atoms with Crippen LogP contribution in [0.5, 0.6) is 0 Å². The molecule has 3 aromatic heterocycles. The molecular weight excluding hydrogens is 455 g/mol. The summed E-state index contributed by atoms with van der Waals surface area (Å²) in [6.07, 6.45) is 7.45. The van der Waals surface area contributed by atoms with Gasteiger partial charge in [-0.1, -0.05) is 19.1 Å². The molecule has 1 atom stereocenters. The molecule has 7 nitrogen and oxygen atoms in total. The number of aliphatic hydroxyl groups is 1. The molecule has 2 N–H and O–H groups in total. The average Bonchev–Trinajstić information content (AvgIpc) is 3.44. The molecule has 1 saturated carbocycles. The van der Waals surface area contributed by atoms with Crippen molar-refractivity contribution in [2.24, 2.45) is 0 Å². The van der Waals surface area contributed by atoms with Gasteiger partial charge in [-0.3, -0.25) is 4.57 Å². The molecule has 3 aliphatic rings. The first-order valence-electron chi connectivity index (χ1n) is 12.7. The van der Waals surface area contributed by atoms with Gasteiger partial charge >= 0.3 is 0 Å². The summed E-state index contributed by atoms with van der Waals surface area (Å²) in [5, 5.41) is 14.7. The van der Waals surface area contributed by atoms with E-state index in [1.165, 1.54) is 36.4 Å². The first-order chi connectivity index (χ1) is 17.4. The summed E-state index contributed by atoms with van der Waals surface area (Å²) in [7, 11) is 2.18. The van der Waals surface area contributed by atoms with Crippen molar-refractivity contribution in [3.8, 4) is 5.82 Å². The number of halogens is 1. The normalized spacial score (nSPS) is 22.1. The minimum atomic E-state index is -0.936. The molecule has 4 heterocycles. The van der Waals surface area contributed by atoms with Crippen LogP contribution in [-0.2, 0) is 24.0 Å². The quantitative estimate of drug-likeness (QED) is 0.437. The van der Waals surface area contributed by atoms with Crippen molar-refractivity contribution in [2.75, 3.05) is 18.9 Å². The van der Waals surface area contributed by atoms with Gasteiger partial charge in [0.1, 0.15) is 11.4 Å². The Morgan fingerprint density at radius 2 is 1.97 bits per heavy atom. The number of likely N-dealkylation sites (N-methyl/N-ethyl adjacent to an activating group) is 1. The molecule has 36 heavy (non-hydrogen) atoms. The highest BCUT2D eigenvalue weighted by molar-refractivity contribution is 5.79. The monoisotopic (exact) mass is 484 g/mol. The van der Waals surface area contributed by atoms with E-state index >= 15 is 0 Å². The third kappa shape index (κ3) is 3.28. The third-order valence-corrected chi connectivity index (χ3v) is 8.34. The van der Waals surface area contributed by atoms with Gasteiger partial charge in [-0.15, -0.1) is 0 Å². The van der Waals surface area contributed by atoms with E-state index in [1.807, 2.05) is 19.1 Å². The maximum Gasteiger partial charge on any atom is 0.229 e. The summed E-state index contributed by atoms with van der Waals surface area (Å²) < 4.78 is 16.5. The maximum atomic E-state index is 14.8. The van der Waals surface area contributed by atoms with Crippen LogP contribution in [0.4, 0.5) is 16.0 Å². The number of hydrogen-bond donors (Lipinski definition) is 2. The minimum absolute atomic E-state index is 0.330. The Hall–Kier alpha value is -3.36. The fourth-order valence-electron chi connectivity index (χ4n) is 6.20. The van der Waals surface area contributed by atoms with E-state index in [9.17, 15) is 9.50 Å². The van der Waals surface area contributed by atoms with E-state index in [0.717, 1.165) is 30.8 Å². The van der Waals surface area contributed by atoms with E-state index in [1.54, 1.807) is 4.57 Å². The van der Waals surface area contributed by atoms with Gasteiger partial charge in [0, 0.05) is 36.6 Å². The molecule has 8 heteroatoms. The second-order valence-corrected chi connectivity index (χ2v) is 10.8. The van der Waals surface area contributed by atoms with Crippen LogP contribution in [0, 0.1) is 5.82 Å². The lowest BCUT2D eigenvalue weighted by atomic mass is 9.87. The first-order valence-corrected chi connectivity index (χ1v) is 12.7. The van der Waals surface area contributed by atoms with Crippen LogP contribution in [0.1, 0.15) is 55.0 Å². The molecule has 1 aliphatic heterocycles. The van der Waals surface area contributed by atoms with Crippen molar-refractivity contribution in [1.29, 1.82) is 0 Å². The molecule has 1 aromatic carbocycles. The smallest absolute Gasteiger partial charge is 0.229 e. The van der Waals surface area contributed by atoms with Gasteiger partial charge in [-0.2, -0.15) is 4.98 Å². The lowest BCUT2D eigenvalue weighted by Gasteiger charge is -2.32. The molecule has 4 aromatic rings. The van der Waals surface area contributed by atoms with Crippen molar-refractivity contribution in [3.05, 3.63) is 70.9 Å². The van der Waals surface area contributed by atoms with E-state index in [0.29, 0.717) is 46.8 Å². The largest absolute Gasteiger partial charge is 0.384 e. The summed E-state index contributed by atoms with van der Waals surface area (Å²) in [6.45, 7) is 4.01. The second-order valence-electron chi connectivity index (χ2n) is 10.8. The van der Waals surface area contributed by atoms with Gasteiger partial charge in [-0.05, 0) is 74.0 Å². The molecule has 0 bridgehead atoms. The summed E-state index contributed by atoms with van der Waals surface area (Å²) in [5.41, 5.74) is 5.29. The van der Waals surface area contributed by atoms with E-state index in [2.05, 4.69) is 45.4 Å². The lowest BCUT2D eigenvalue weighted by molar-refractivity contribution is 0.0306. The van der Waals surface area contributed by atoms with Gasteiger partial charge in [0.15, 0.2) is 11.5 Å². The molecule has 7 rings (SSSR count). The Labute approximate surface area is 209 Å². The van der Waals surface area contributed by atoms with E-state index in [4.69, 9.17) is 4.98 Å². The number of benzene rings is 1. The molecule has 2 aliphatic carbocycles. The van der Waals surface area contributed by atoms with Crippen LogP contribution in [0.2, 0.25) is 0 Å². The van der Waals surface area contributed by atoms with Crippen LogP contribution in [0.25, 0.3) is 16.9 Å². The Kier molecular flexibility index (Phi) is 4.60. The Morgan fingerprint density at radius 1 is 1.11 bits per heavy atom. The summed E-state index contributed by atoms with van der Waals surface area (Å²) in [6, 6.07) is 10.4. The highest BCUT2D eigenvalue weighted by atomic mass is 19.1. The first kappa shape index (κ1) is 21.9. The van der Waals surface area contributed by atoms with Gasteiger partial charge in [0.2, 0.25) is 5.95 Å². The zero-order valence-electron chi connectivity index (χ0n) is 20.6. The molecule has 1 unspecified atom stereocenters. The Bertz CT molecular complexity index is 1530. The molecule has 0 radical (unpaired) electrons. The number of hydrogen-bond acceptors (Lipinski definition) is 6. The van der Waals surface area contributed by atoms with E-state index < -0.39 is 11.4 Å². The van der Waals surface area contributed by atoms with Crippen LogP contribution in [0.3, 0.4) is 0 Å². The maximum absolute atomic E-state index is 14.8. The van der Waals surface area contributed by atoms with Crippen molar-refractivity contribution in [1.82, 2.24) is 24.4 Å². The van der Waals surface area contributed by atoms with Crippen LogP contribution in [-0.4, -0.2) is 43.1 Å². The average molecular weight is 485 g/mol. The van der Waals surface area contributed by atoms with Gasteiger partial charge in [0.05, 0.1) is 11.1 Å². The number of anilines is 2. The number of pyridine rings is 1. The molecule has 0 saturated heterocycles. The number of aryl methyl sites for hydroxylation is 1. The number of rotatable bonds is 4. The Morgan fingerprint density at radius 3 is 2.78 bits per heavy atom. The molecule has 0 amide bonds. The van der Waals surface area contributed by atoms with Gasteiger partial charge < -0.3 is 15.3 Å². The van der Waals surface area contributed by atoms with E-state index in [-0.39, 0.29) is 0 Å². The fourth-order valence-corrected chi connectivity index (χ4v) is 6.20. The molecule has 1 spiro atoms. The predicted molar refractivity (Wildman–Crippen MR) is 136 cm³/mol. The van der Waals surface area contributed by atoms with Crippen LogP contribution in [0.15, 0.2) is 42.7 Å². The minimum Gasteiger partial charge on any atom is -0.384 e. The number of fused-ring (bicyclic) bond motifs is 4. The number of aromatic nitrogens is 4. The zero-order chi connectivity index (χ0) is 24.7. The fraction of sp³-hybridized carbons (Fsp3) is 0.393. The molecular formula is C28H29FN6O. The van der Waals surface area contributed by atoms with Crippen molar-refractivity contribution in [2.45, 2.75) is 56.6 Å². The number of nitrogens with zero attached hydrogens (tertiary/aromatic N) is 5. The third-order valence-electron chi connectivity index (χ3n) is 8.34. The zero-order valence-corrected chi connectivity index (χ0v) is 20.6. The van der Waals surface area contributed by atoms with Crippen molar-refractivity contribution < 1.29 is 9.50 Å². The molecule has 184 valence electrons. The lowest BCUT2D eigenvalue weighted by Crippen LogP contribution is -2.35. The highest BCUT2D eigenvalue weighted by Crippen LogP contribution is 2.52. The van der Waals surface area contributed by atoms with Gasteiger partial charge in [0.25, 0.3) is 0 Å². The summed E-state index contributed by atoms with van der Waals surface area (Å²) in [5.74, 6) is 0.530. The highest BCUT2D eigenvalue weighted by Gasteiger charge is 2.48. The molecule has 1 fully saturated rings. The topological polar surface area (TPSA) is 79.1 Å². The Balaban J connectivity index is 1.25. The SMILES string of the molecule is CCC1(O)CCc2ccc(-n3cc(F)c4cnc(Nc5ccc6c(c5)CN(C)CC65CC5)nc43)nc21. The van der Waals surface area contributed by atoms with Gasteiger partial charge in [-0.25, -0.2) is 14.4 Å². The van der Waals surface area contributed by atoms with Crippen molar-refractivity contribution in [3.63, 3.8) is 0 Å². The summed E-state index contributed by atoms with van der Waals surface area (Å²) >= 11 is 0. The number of nitrogens with one attached hydrogen (secondary N) is 1. The summed E-state index contributed by atoms with van der Waals surface area (Å²) in [4.78, 5) is 16.2. The van der Waals surface area contributed by atoms with Crippen molar-refractivity contribution >= 4 is 22.7 Å². The van der Waals surface area contributed by atoms with Crippen LogP contribution < -0.4 is 5.32 Å². The predicted octanol–water partition coefficient (Wildman–Crippen LogP) is 4.72.